The lowest BCUT2D eigenvalue weighted by Gasteiger charge is -2.35. The van der Waals surface area contributed by atoms with Crippen LogP contribution in [-0.2, 0) is 11.8 Å². The zero-order chi connectivity index (χ0) is 14.5. The molecule has 112 valence electrons. The maximum Gasteiger partial charge on any atom is 0.293 e. The molecule has 1 N–H and O–H groups in total. The number of ether oxygens (including phenoxy) is 1. The van der Waals surface area contributed by atoms with Crippen molar-refractivity contribution in [3.63, 3.8) is 0 Å². The van der Waals surface area contributed by atoms with Gasteiger partial charge < -0.3 is 19.5 Å². The first-order chi connectivity index (χ1) is 9.61. The van der Waals surface area contributed by atoms with Crippen molar-refractivity contribution in [1.82, 2.24) is 14.9 Å². The molecule has 1 fully saturated rings. The predicted octanol–water partition coefficient (Wildman–Crippen LogP) is 0.374. The van der Waals surface area contributed by atoms with Crippen molar-refractivity contribution in [3.8, 4) is 0 Å². The van der Waals surface area contributed by atoms with Gasteiger partial charge in [0.1, 0.15) is 0 Å². The van der Waals surface area contributed by atoms with Gasteiger partial charge in [-0.05, 0) is 19.8 Å². The summed E-state index contributed by atoms with van der Waals surface area (Å²) in [6.07, 6.45) is 5.56. The van der Waals surface area contributed by atoms with Crippen LogP contribution in [0.1, 0.15) is 19.8 Å². The lowest BCUT2D eigenvalue weighted by molar-refractivity contribution is 0.164. The first-order valence-electron chi connectivity index (χ1n) is 7.13. The van der Waals surface area contributed by atoms with Crippen LogP contribution in [0.3, 0.4) is 0 Å². The third kappa shape index (κ3) is 3.58. The second kappa shape index (κ2) is 6.85. The summed E-state index contributed by atoms with van der Waals surface area (Å²) in [5.74, 6) is 0.556. The Hall–Kier alpha value is -1.40. The molecule has 2 rings (SSSR count). The smallest absolute Gasteiger partial charge is 0.293 e. The highest BCUT2D eigenvalue weighted by Crippen LogP contribution is 2.14. The third-order valence-electron chi connectivity index (χ3n) is 3.66. The van der Waals surface area contributed by atoms with Crippen molar-refractivity contribution >= 4 is 5.82 Å². The van der Waals surface area contributed by atoms with Crippen molar-refractivity contribution in [1.29, 1.82) is 0 Å². The minimum atomic E-state index is -0.0295. The van der Waals surface area contributed by atoms with Crippen molar-refractivity contribution in [3.05, 3.63) is 22.7 Å². The Bertz CT molecular complexity index is 488. The molecule has 0 unspecified atom stereocenters. The van der Waals surface area contributed by atoms with E-state index in [4.69, 9.17) is 4.74 Å². The Balaban J connectivity index is 2.03. The van der Waals surface area contributed by atoms with Crippen LogP contribution in [0.25, 0.3) is 0 Å². The maximum absolute atomic E-state index is 12.1. The van der Waals surface area contributed by atoms with E-state index in [0.717, 1.165) is 25.9 Å². The topological polar surface area (TPSA) is 59.4 Å². The molecule has 0 spiro atoms. The molecule has 0 bridgehead atoms. The maximum atomic E-state index is 12.1. The van der Waals surface area contributed by atoms with Crippen molar-refractivity contribution < 1.29 is 4.74 Å². The first kappa shape index (κ1) is 15.0. The van der Waals surface area contributed by atoms with Gasteiger partial charge in [-0.25, -0.2) is 4.98 Å². The number of rotatable bonds is 5. The second-order valence-corrected chi connectivity index (χ2v) is 5.48. The summed E-state index contributed by atoms with van der Waals surface area (Å²) in [6, 6.07) is 0.692. The molecule has 0 saturated carbocycles. The Morgan fingerprint density at radius 3 is 3.15 bits per heavy atom. The van der Waals surface area contributed by atoms with Gasteiger partial charge in [-0.2, -0.15) is 0 Å². The van der Waals surface area contributed by atoms with Crippen molar-refractivity contribution in [2.75, 3.05) is 31.7 Å². The number of nitrogens with one attached hydrogen (secondary N) is 1. The van der Waals surface area contributed by atoms with Gasteiger partial charge in [0, 0.05) is 51.7 Å². The quantitative estimate of drug-likeness (QED) is 0.844. The van der Waals surface area contributed by atoms with Crippen LogP contribution >= 0.6 is 0 Å². The highest BCUT2D eigenvalue weighted by Gasteiger charge is 2.23. The lowest BCUT2D eigenvalue weighted by Crippen LogP contribution is -2.51. The fourth-order valence-electron chi connectivity index (χ4n) is 2.71. The van der Waals surface area contributed by atoms with Crippen molar-refractivity contribution in [2.24, 2.45) is 7.05 Å². The molecular weight excluding hydrogens is 256 g/mol. The molecule has 6 heteroatoms. The van der Waals surface area contributed by atoms with Crippen LogP contribution in [0.2, 0.25) is 0 Å². The van der Waals surface area contributed by atoms with Crippen LogP contribution in [-0.4, -0.2) is 48.4 Å². The molecule has 2 heterocycles. The Morgan fingerprint density at radius 1 is 1.60 bits per heavy atom. The molecule has 1 saturated heterocycles. The van der Waals surface area contributed by atoms with Gasteiger partial charge in [-0.3, -0.25) is 4.79 Å². The van der Waals surface area contributed by atoms with Gasteiger partial charge in [-0.1, -0.05) is 0 Å². The molecule has 6 nitrogen and oxygen atoms in total. The van der Waals surface area contributed by atoms with E-state index in [1.54, 1.807) is 31.1 Å². The molecule has 2 atom stereocenters. The van der Waals surface area contributed by atoms with Gasteiger partial charge in [0.15, 0.2) is 5.82 Å². The average Bonchev–Trinajstić information content (AvgIpc) is 2.42. The van der Waals surface area contributed by atoms with Crippen LogP contribution in [0, 0.1) is 0 Å². The number of aromatic nitrogens is 2. The minimum Gasteiger partial charge on any atom is -0.383 e. The van der Waals surface area contributed by atoms with Gasteiger partial charge in [0.2, 0.25) is 0 Å². The number of hydrogen-bond donors (Lipinski definition) is 1. The molecule has 1 aliphatic heterocycles. The van der Waals surface area contributed by atoms with Crippen LogP contribution in [0.15, 0.2) is 17.2 Å². The van der Waals surface area contributed by atoms with E-state index in [2.05, 4.69) is 22.1 Å². The van der Waals surface area contributed by atoms with E-state index >= 15 is 0 Å². The zero-order valence-electron chi connectivity index (χ0n) is 12.5. The zero-order valence-corrected chi connectivity index (χ0v) is 12.5. The number of methoxy groups -OCH3 is 1. The lowest BCUT2D eigenvalue weighted by atomic mass is 10.0. The summed E-state index contributed by atoms with van der Waals surface area (Å²) in [4.78, 5) is 18.5. The molecule has 1 aromatic rings. The Morgan fingerprint density at radius 2 is 2.40 bits per heavy atom. The number of nitrogens with zero attached hydrogens (tertiary/aromatic N) is 3. The largest absolute Gasteiger partial charge is 0.383 e. The second-order valence-electron chi connectivity index (χ2n) is 5.48. The SMILES string of the molecule is COC[C@@H](C)N[C@@H]1CCCN(c2nccn(C)c2=O)C1. The molecular formula is C14H24N4O2. The minimum absolute atomic E-state index is 0.0295. The number of hydrogen-bond acceptors (Lipinski definition) is 5. The molecule has 0 radical (unpaired) electrons. The van der Waals surface area contributed by atoms with Crippen molar-refractivity contribution in [2.45, 2.75) is 31.8 Å². The van der Waals surface area contributed by atoms with Gasteiger partial charge in [-0.15, -0.1) is 0 Å². The molecule has 0 aromatic carbocycles. The summed E-state index contributed by atoms with van der Waals surface area (Å²) in [7, 11) is 3.47. The van der Waals surface area contributed by atoms with E-state index in [9.17, 15) is 4.79 Å². The molecule has 0 amide bonds. The molecule has 1 aliphatic rings. The van der Waals surface area contributed by atoms with Gasteiger partial charge >= 0.3 is 0 Å². The monoisotopic (exact) mass is 280 g/mol. The average molecular weight is 280 g/mol. The summed E-state index contributed by atoms with van der Waals surface area (Å²) >= 11 is 0. The van der Waals surface area contributed by atoms with E-state index < -0.39 is 0 Å². The van der Waals surface area contributed by atoms with E-state index in [-0.39, 0.29) is 5.56 Å². The highest BCUT2D eigenvalue weighted by atomic mass is 16.5. The Kier molecular flexibility index (Phi) is 5.14. The molecule has 0 aliphatic carbocycles. The molecule has 20 heavy (non-hydrogen) atoms. The Labute approximate surface area is 119 Å². The van der Waals surface area contributed by atoms with E-state index in [1.165, 1.54) is 0 Å². The summed E-state index contributed by atoms with van der Waals surface area (Å²) in [5.41, 5.74) is -0.0295. The fourth-order valence-corrected chi connectivity index (χ4v) is 2.71. The normalized spacial score (nSPS) is 20.9. The van der Waals surface area contributed by atoms with Crippen LogP contribution < -0.4 is 15.8 Å². The predicted molar refractivity (Wildman–Crippen MR) is 79.2 cm³/mol. The summed E-state index contributed by atoms with van der Waals surface area (Å²) in [5, 5.41) is 3.55. The third-order valence-corrected chi connectivity index (χ3v) is 3.66. The summed E-state index contributed by atoms with van der Waals surface area (Å²) < 4.78 is 6.73. The first-order valence-corrected chi connectivity index (χ1v) is 7.13. The molecule has 1 aromatic heterocycles. The highest BCUT2D eigenvalue weighted by molar-refractivity contribution is 5.36. The summed E-state index contributed by atoms with van der Waals surface area (Å²) in [6.45, 7) is 4.52. The van der Waals surface area contributed by atoms with E-state index in [1.807, 2.05) is 0 Å². The number of piperidine rings is 1. The van der Waals surface area contributed by atoms with Crippen LogP contribution in [0.4, 0.5) is 5.82 Å². The number of aryl methyl sites for hydroxylation is 1. The van der Waals surface area contributed by atoms with Gasteiger partial charge in [0.05, 0.1) is 6.61 Å². The van der Waals surface area contributed by atoms with E-state index in [0.29, 0.717) is 24.5 Å². The van der Waals surface area contributed by atoms with Gasteiger partial charge in [0.25, 0.3) is 5.56 Å². The van der Waals surface area contributed by atoms with Crippen LogP contribution in [0.5, 0.6) is 0 Å². The fraction of sp³-hybridized carbons (Fsp3) is 0.714. The standard InChI is InChI=1S/C14H24N4O2/c1-11(10-20-3)16-12-5-4-7-18(9-12)13-14(19)17(2)8-6-15-13/h6,8,11-12,16H,4-5,7,9-10H2,1-3H3/t11-,12-/m1/s1. The number of anilines is 1.